The molecule has 0 saturated heterocycles. The van der Waals surface area contributed by atoms with Gasteiger partial charge in [-0.1, -0.05) is 18.2 Å². The van der Waals surface area contributed by atoms with E-state index in [0.29, 0.717) is 13.0 Å². The molecule has 1 aliphatic heterocycles. The second-order valence-corrected chi connectivity index (χ2v) is 7.65. The third-order valence-electron chi connectivity index (χ3n) is 4.90. The first-order valence-electron chi connectivity index (χ1n) is 9.09. The van der Waals surface area contributed by atoms with Gasteiger partial charge in [-0.3, -0.25) is 9.59 Å². The molecule has 142 valence electrons. The monoisotopic (exact) mass is 392 g/mol. The highest BCUT2D eigenvalue weighted by molar-refractivity contribution is 7.08. The summed E-state index contributed by atoms with van der Waals surface area (Å²) in [5, 5.41) is 16.1. The van der Waals surface area contributed by atoms with Gasteiger partial charge in [-0.2, -0.15) is 11.3 Å². The smallest absolute Gasteiger partial charge is 0.304 e. The van der Waals surface area contributed by atoms with E-state index in [1.165, 1.54) is 0 Å². The highest BCUT2D eigenvalue weighted by atomic mass is 32.1. The van der Waals surface area contributed by atoms with Crippen LogP contribution in [0.5, 0.6) is 0 Å². The average Bonchev–Trinajstić information content (AvgIpc) is 3.30. The molecular weight excluding hydrogens is 372 g/mol. The average molecular weight is 392 g/mol. The van der Waals surface area contributed by atoms with Crippen LogP contribution < -0.4 is 10.2 Å². The van der Waals surface area contributed by atoms with Crippen molar-refractivity contribution in [2.45, 2.75) is 18.8 Å². The molecule has 2 aromatic carbocycles. The number of carbonyl (C=O) groups excluding carboxylic acids is 1. The van der Waals surface area contributed by atoms with Gasteiger partial charge in [0.2, 0.25) is 5.91 Å². The first kappa shape index (κ1) is 18.3. The molecule has 0 aliphatic carbocycles. The van der Waals surface area contributed by atoms with Crippen molar-refractivity contribution in [1.82, 2.24) is 0 Å². The number of thiophene rings is 1. The normalized spacial score (nSPS) is 15.3. The van der Waals surface area contributed by atoms with Gasteiger partial charge >= 0.3 is 5.97 Å². The van der Waals surface area contributed by atoms with Crippen molar-refractivity contribution >= 4 is 40.3 Å². The molecule has 3 aromatic rings. The Bertz CT molecular complexity index is 983. The van der Waals surface area contributed by atoms with E-state index in [1.54, 1.807) is 11.3 Å². The van der Waals surface area contributed by atoms with Crippen molar-refractivity contribution in [3.8, 4) is 0 Å². The topological polar surface area (TPSA) is 69.6 Å². The molecule has 2 N–H and O–H groups in total. The van der Waals surface area contributed by atoms with Crippen LogP contribution in [-0.4, -0.2) is 23.5 Å². The fourth-order valence-electron chi connectivity index (χ4n) is 3.63. The molecule has 1 unspecified atom stereocenters. The highest BCUT2D eigenvalue weighted by Gasteiger charge is 2.30. The summed E-state index contributed by atoms with van der Waals surface area (Å²) in [6, 6.07) is 17.6. The van der Waals surface area contributed by atoms with Crippen LogP contribution in [0.2, 0.25) is 0 Å². The number of carboxylic acid groups (broad SMARTS) is 1. The number of amides is 1. The van der Waals surface area contributed by atoms with Crippen molar-refractivity contribution in [3.63, 3.8) is 0 Å². The summed E-state index contributed by atoms with van der Waals surface area (Å²) >= 11 is 1.58. The molecule has 1 aliphatic rings. The molecule has 0 spiro atoms. The van der Waals surface area contributed by atoms with Crippen LogP contribution in [0.25, 0.3) is 0 Å². The Hall–Kier alpha value is -3.12. The summed E-state index contributed by atoms with van der Waals surface area (Å²) < 4.78 is 0. The molecular formula is C22H20N2O3S. The van der Waals surface area contributed by atoms with Crippen LogP contribution in [0.4, 0.5) is 17.1 Å². The number of hydrogen-bond acceptors (Lipinski definition) is 4. The molecule has 2 heterocycles. The molecule has 5 nitrogen and oxygen atoms in total. The third kappa shape index (κ3) is 3.92. The molecule has 1 amide bonds. The zero-order chi connectivity index (χ0) is 19.5. The summed E-state index contributed by atoms with van der Waals surface area (Å²) in [6.45, 7) is 0.634. The quantitative estimate of drug-likeness (QED) is 0.641. The summed E-state index contributed by atoms with van der Waals surface area (Å²) in [6.07, 6.45) is 0.478. The summed E-state index contributed by atoms with van der Waals surface area (Å²) in [5.74, 6) is -0.858. The van der Waals surface area contributed by atoms with Crippen molar-refractivity contribution in [2.24, 2.45) is 0 Å². The number of anilines is 3. The number of nitrogens with one attached hydrogen (secondary N) is 1. The second-order valence-electron chi connectivity index (χ2n) is 6.87. The number of nitrogens with zero attached hydrogens (tertiary/aromatic N) is 1. The Labute approximate surface area is 167 Å². The number of carbonyl (C=O) groups is 2. The Morgan fingerprint density at radius 3 is 2.61 bits per heavy atom. The Morgan fingerprint density at radius 2 is 1.89 bits per heavy atom. The third-order valence-corrected chi connectivity index (χ3v) is 5.63. The number of carboxylic acids is 1. The standard InChI is InChI=1S/C22H20N2O3S/c25-21(11-15-9-10-28-14-15)23-17-5-7-18(8-6-17)24-13-16(12-22(26)27)19-3-1-2-4-20(19)24/h1-10,14,16H,11-13H2,(H,23,25)(H,26,27). The largest absolute Gasteiger partial charge is 0.481 e. The van der Waals surface area contributed by atoms with Gasteiger partial charge in [0.1, 0.15) is 0 Å². The zero-order valence-electron chi connectivity index (χ0n) is 15.2. The first-order valence-corrected chi connectivity index (χ1v) is 10.0. The fourth-order valence-corrected chi connectivity index (χ4v) is 4.30. The summed E-state index contributed by atoms with van der Waals surface area (Å²) in [5.41, 5.74) is 4.85. The van der Waals surface area contributed by atoms with Crippen LogP contribution >= 0.6 is 11.3 Å². The van der Waals surface area contributed by atoms with Crippen LogP contribution in [0.15, 0.2) is 65.4 Å². The molecule has 0 radical (unpaired) electrons. The second kappa shape index (κ2) is 7.86. The van der Waals surface area contributed by atoms with Crippen molar-refractivity contribution in [1.29, 1.82) is 0 Å². The van der Waals surface area contributed by atoms with Gasteiger partial charge in [0.25, 0.3) is 0 Å². The SMILES string of the molecule is O=C(O)CC1CN(c2ccc(NC(=O)Cc3ccsc3)cc2)c2ccccc21. The van der Waals surface area contributed by atoms with Gasteiger partial charge in [-0.05, 0) is 58.3 Å². The predicted octanol–water partition coefficient (Wildman–Crippen LogP) is 4.64. The van der Waals surface area contributed by atoms with Gasteiger partial charge in [-0.25, -0.2) is 0 Å². The van der Waals surface area contributed by atoms with Gasteiger partial charge in [0.05, 0.1) is 12.8 Å². The Kier molecular flexibility index (Phi) is 5.12. The van der Waals surface area contributed by atoms with E-state index >= 15 is 0 Å². The molecule has 0 bridgehead atoms. The lowest BCUT2D eigenvalue weighted by Crippen LogP contribution is -2.17. The molecule has 0 saturated carbocycles. The minimum Gasteiger partial charge on any atom is -0.481 e. The van der Waals surface area contributed by atoms with E-state index in [2.05, 4.69) is 10.2 Å². The fraction of sp³-hybridized carbons (Fsp3) is 0.182. The maximum absolute atomic E-state index is 12.2. The number of rotatable bonds is 6. The van der Waals surface area contributed by atoms with E-state index < -0.39 is 5.97 Å². The van der Waals surface area contributed by atoms with E-state index in [9.17, 15) is 14.7 Å². The minimum absolute atomic E-state index is 0.0290. The van der Waals surface area contributed by atoms with Crippen LogP contribution in [0.3, 0.4) is 0 Å². The van der Waals surface area contributed by atoms with Crippen molar-refractivity contribution in [3.05, 3.63) is 76.5 Å². The Balaban J connectivity index is 1.48. The predicted molar refractivity (Wildman–Crippen MR) is 112 cm³/mol. The van der Waals surface area contributed by atoms with Gasteiger partial charge < -0.3 is 15.3 Å². The van der Waals surface area contributed by atoms with Crippen LogP contribution in [-0.2, 0) is 16.0 Å². The molecule has 28 heavy (non-hydrogen) atoms. The zero-order valence-corrected chi connectivity index (χ0v) is 16.0. The summed E-state index contributed by atoms with van der Waals surface area (Å²) in [4.78, 5) is 25.5. The van der Waals surface area contributed by atoms with Gasteiger partial charge in [-0.15, -0.1) is 0 Å². The maximum Gasteiger partial charge on any atom is 0.304 e. The molecule has 4 rings (SSSR count). The van der Waals surface area contributed by atoms with Crippen molar-refractivity contribution < 1.29 is 14.7 Å². The summed E-state index contributed by atoms with van der Waals surface area (Å²) in [7, 11) is 0. The lowest BCUT2D eigenvalue weighted by Gasteiger charge is -2.20. The van der Waals surface area contributed by atoms with Crippen LogP contribution in [0.1, 0.15) is 23.5 Å². The Morgan fingerprint density at radius 1 is 1.11 bits per heavy atom. The number of fused-ring (bicyclic) bond motifs is 1. The molecule has 1 atom stereocenters. The van der Waals surface area contributed by atoms with Gasteiger partial charge in [0, 0.05) is 29.5 Å². The maximum atomic E-state index is 12.2. The van der Waals surface area contributed by atoms with Gasteiger partial charge in [0.15, 0.2) is 0 Å². The van der Waals surface area contributed by atoms with E-state index in [1.807, 2.05) is 65.4 Å². The minimum atomic E-state index is -0.787. The van der Waals surface area contributed by atoms with E-state index in [-0.39, 0.29) is 18.2 Å². The number of para-hydroxylation sites is 1. The number of hydrogen-bond donors (Lipinski definition) is 2. The molecule has 1 aromatic heterocycles. The molecule has 0 fully saturated rings. The van der Waals surface area contributed by atoms with Crippen molar-refractivity contribution in [2.75, 3.05) is 16.8 Å². The lowest BCUT2D eigenvalue weighted by molar-refractivity contribution is -0.137. The lowest BCUT2D eigenvalue weighted by atomic mass is 9.98. The highest BCUT2D eigenvalue weighted by Crippen LogP contribution is 2.42. The van der Waals surface area contributed by atoms with Crippen LogP contribution in [0, 0.1) is 0 Å². The van der Waals surface area contributed by atoms with E-state index in [4.69, 9.17) is 0 Å². The molecule has 6 heteroatoms. The number of aliphatic carboxylic acids is 1. The van der Waals surface area contributed by atoms with E-state index in [0.717, 1.165) is 28.2 Å². The number of benzene rings is 2. The first-order chi connectivity index (χ1) is 13.6.